The van der Waals surface area contributed by atoms with E-state index in [2.05, 4.69) is 18.0 Å². The molecule has 0 aliphatic carbocycles. The summed E-state index contributed by atoms with van der Waals surface area (Å²) in [6.45, 7) is 5.24. The molecule has 0 saturated carbocycles. The van der Waals surface area contributed by atoms with Crippen molar-refractivity contribution >= 4 is 11.3 Å². The minimum atomic E-state index is 0.501. The van der Waals surface area contributed by atoms with Gasteiger partial charge in [0.25, 0.3) is 0 Å². The second-order valence-corrected chi connectivity index (χ2v) is 4.68. The van der Waals surface area contributed by atoms with Gasteiger partial charge in [-0.05, 0) is 37.6 Å². The number of rotatable bonds is 4. The van der Waals surface area contributed by atoms with Crippen LogP contribution in [0.2, 0.25) is 0 Å². The van der Waals surface area contributed by atoms with E-state index in [4.69, 9.17) is 10.5 Å². The molecule has 90 valence electrons. The molecule has 0 bridgehead atoms. The summed E-state index contributed by atoms with van der Waals surface area (Å²) in [5.74, 6) is 0.906. The summed E-state index contributed by atoms with van der Waals surface area (Å²) >= 11 is 1.60. The van der Waals surface area contributed by atoms with Crippen LogP contribution >= 0.6 is 11.3 Å². The molecule has 0 fully saturated rings. The molecule has 0 aliphatic rings. The predicted octanol–water partition coefficient (Wildman–Crippen LogP) is 2.98. The Hall–Kier alpha value is -1.39. The highest BCUT2D eigenvalue weighted by Gasteiger charge is 2.07. The first kappa shape index (κ1) is 12.1. The maximum atomic E-state index is 5.57. The van der Waals surface area contributed by atoms with Gasteiger partial charge in [-0.3, -0.25) is 0 Å². The van der Waals surface area contributed by atoms with E-state index in [-0.39, 0.29) is 0 Å². The Morgan fingerprint density at radius 3 is 2.82 bits per heavy atom. The van der Waals surface area contributed by atoms with Crippen molar-refractivity contribution < 1.29 is 4.74 Å². The van der Waals surface area contributed by atoms with Crippen LogP contribution in [0.15, 0.2) is 23.6 Å². The van der Waals surface area contributed by atoms with E-state index in [1.165, 1.54) is 5.56 Å². The molecule has 0 radical (unpaired) electrons. The van der Waals surface area contributed by atoms with E-state index in [0.717, 1.165) is 22.0 Å². The van der Waals surface area contributed by atoms with Crippen LogP contribution in [0, 0.1) is 6.92 Å². The Morgan fingerprint density at radius 2 is 2.24 bits per heavy atom. The van der Waals surface area contributed by atoms with Crippen LogP contribution in [0.5, 0.6) is 5.75 Å². The van der Waals surface area contributed by atoms with Gasteiger partial charge >= 0.3 is 0 Å². The van der Waals surface area contributed by atoms with Gasteiger partial charge in [-0.1, -0.05) is 0 Å². The van der Waals surface area contributed by atoms with Crippen molar-refractivity contribution in [3.63, 3.8) is 0 Å². The minimum Gasteiger partial charge on any atom is -0.494 e. The van der Waals surface area contributed by atoms with Crippen molar-refractivity contribution in [2.75, 3.05) is 6.61 Å². The van der Waals surface area contributed by atoms with Crippen molar-refractivity contribution in [2.24, 2.45) is 5.73 Å². The summed E-state index contributed by atoms with van der Waals surface area (Å²) in [6.07, 6.45) is 0. The summed E-state index contributed by atoms with van der Waals surface area (Å²) in [6, 6.07) is 6.07. The molecule has 4 heteroatoms. The van der Waals surface area contributed by atoms with E-state index >= 15 is 0 Å². The van der Waals surface area contributed by atoms with Crippen molar-refractivity contribution in [3.05, 3.63) is 34.2 Å². The van der Waals surface area contributed by atoms with Gasteiger partial charge in [0, 0.05) is 17.5 Å². The van der Waals surface area contributed by atoms with Crippen molar-refractivity contribution in [2.45, 2.75) is 20.4 Å². The number of nitrogens with two attached hydrogens (primary N) is 1. The Labute approximate surface area is 105 Å². The number of benzene rings is 1. The molecule has 2 N–H and O–H groups in total. The van der Waals surface area contributed by atoms with E-state index in [1.807, 2.05) is 24.4 Å². The fraction of sp³-hybridized carbons (Fsp3) is 0.308. The third-order valence-electron chi connectivity index (χ3n) is 2.51. The number of aryl methyl sites for hydroxylation is 1. The van der Waals surface area contributed by atoms with Crippen LogP contribution in [-0.4, -0.2) is 11.6 Å². The summed E-state index contributed by atoms with van der Waals surface area (Å²) in [5, 5.41) is 3.01. The third-order valence-corrected chi connectivity index (χ3v) is 3.38. The molecule has 2 aromatic rings. The molecule has 1 aromatic carbocycles. The molecule has 17 heavy (non-hydrogen) atoms. The van der Waals surface area contributed by atoms with E-state index in [0.29, 0.717) is 13.2 Å². The molecule has 0 spiro atoms. The molecule has 1 heterocycles. The second-order valence-electron chi connectivity index (χ2n) is 3.74. The lowest BCUT2D eigenvalue weighted by Crippen LogP contribution is -1.95. The zero-order valence-electron chi connectivity index (χ0n) is 10.1. The van der Waals surface area contributed by atoms with Crippen LogP contribution in [0.25, 0.3) is 11.3 Å². The first-order chi connectivity index (χ1) is 8.24. The lowest BCUT2D eigenvalue weighted by molar-refractivity contribution is 0.340. The number of aromatic nitrogens is 1. The largest absolute Gasteiger partial charge is 0.494 e. The summed E-state index contributed by atoms with van der Waals surface area (Å²) < 4.78 is 5.47. The first-order valence-corrected chi connectivity index (χ1v) is 6.51. The van der Waals surface area contributed by atoms with Crippen LogP contribution in [-0.2, 0) is 6.54 Å². The minimum absolute atomic E-state index is 0.501. The van der Waals surface area contributed by atoms with Gasteiger partial charge in [0.2, 0.25) is 0 Å². The smallest absolute Gasteiger partial charge is 0.119 e. The topological polar surface area (TPSA) is 48.1 Å². The maximum absolute atomic E-state index is 5.57. The average Bonchev–Trinajstić information content (AvgIpc) is 2.78. The Balaban J connectivity index is 2.32. The highest BCUT2D eigenvalue weighted by molar-refractivity contribution is 7.09. The van der Waals surface area contributed by atoms with Gasteiger partial charge in [0.15, 0.2) is 0 Å². The summed E-state index contributed by atoms with van der Waals surface area (Å²) in [4.78, 5) is 4.49. The molecular formula is C13H16N2OS. The fourth-order valence-electron chi connectivity index (χ4n) is 1.71. The molecule has 1 aromatic heterocycles. The number of hydrogen-bond donors (Lipinski definition) is 1. The monoisotopic (exact) mass is 248 g/mol. The lowest BCUT2D eigenvalue weighted by atomic mass is 10.1. The number of nitrogens with zero attached hydrogens (tertiary/aromatic N) is 1. The zero-order chi connectivity index (χ0) is 12.3. The molecule has 0 amide bonds. The second kappa shape index (κ2) is 5.29. The number of ether oxygens (including phenoxy) is 1. The molecule has 0 unspecified atom stereocenters. The van der Waals surface area contributed by atoms with Gasteiger partial charge in [0.1, 0.15) is 10.8 Å². The van der Waals surface area contributed by atoms with E-state index in [1.54, 1.807) is 11.3 Å². The molecule has 0 aliphatic heterocycles. The van der Waals surface area contributed by atoms with Crippen LogP contribution in [0.1, 0.15) is 17.5 Å². The molecule has 3 nitrogen and oxygen atoms in total. The third kappa shape index (κ3) is 2.65. The van der Waals surface area contributed by atoms with Crippen LogP contribution in [0.3, 0.4) is 0 Å². The average molecular weight is 248 g/mol. The van der Waals surface area contributed by atoms with Crippen LogP contribution < -0.4 is 10.5 Å². The van der Waals surface area contributed by atoms with Crippen molar-refractivity contribution in [1.82, 2.24) is 4.98 Å². The zero-order valence-corrected chi connectivity index (χ0v) is 10.9. The summed E-state index contributed by atoms with van der Waals surface area (Å²) in [5.41, 5.74) is 8.88. The number of thiazole rings is 1. The quantitative estimate of drug-likeness (QED) is 0.905. The Morgan fingerprint density at radius 1 is 1.41 bits per heavy atom. The molecule has 0 saturated heterocycles. The predicted molar refractivity (Wildman–Crippen MR) is 71.3 cm³/mol. The van der Waals surface area contributed by atoms with E-state index in [9.17, 15) is 0 Å². The highest BCUT2D eigenvalue weighted by Crippen LogP contribution is 2.27. The first-order valence-electron chi connectivity index (χ1n) is 5.63. The van der Waals surface area contributed by atoms with Gasteiger partial charge in [-0.25, -0.2) is 4.98 Å². The number of hydrogen-bond acceptors (Lipinski definition) is 4. The standard InChI is InChI=1S/C13H16N2OS/c1-3-16-10-4-5-11(9(2)6-10)12-8-17-13(7-14)15-12/h4-6,8H,3,7,14H2,1-2H3. The van der Waals surface area contributed by atoms with Crippen LogP contribution in [0.4, 0.5) is 0 Å². The molecule has 2 rings (SSSR count). The van der Waals surface area contributed by atoms with Gasteiger partial charge < -0.3 is 10.5 Å². The van der Waals surface area contributed by atoms with Gasteiger partial charge in [-0.2, -0.15) is 0 Å². The lowest BCUT2D eigenvalue weighted by Gasteiger charge is -2.07. The molecular weight excluding hydrogens is 232 g/mol. The van der Waals surface area contributed by atoms with Crippen molar-refractivity contribution in [3.8, 4) is 17.0 Å². The summed E-state index contributed by atoms with van der Waals surface area (Å²) in [7, 11) is 0. The highest BCUT2D eigenvalue weighted by atomic mass is 32.1. The normalized spacial score (nSPS) is 10.5. The maximum Gasteiger partial charge on any atom is 0.119 e. The van der Waals surface area contributed by atoms with Gasteiger partial charge in [0.05, 0.1) is 12.3 Å². The van der Waals surface area contributed by atoms with Gasteiger partial charge in [-0.15, -0.1) is 11.3 Å². The van der Waals surface area contributed by atoms with E-state index < -0.39 is 0 Å². The van der Waals surface area contributed by atoms with Crippen molar-refractivity contribution in [1.29, 1.82) is 0 Å². The molecule has 0 atom stereocenters. The SMILES string of the molecule is CCOc1ccc(-c2csc(CN)n2)c(C)c1. The Bertz CT molecular complexity index is 508. The Kier molecular flexibility index (Phi) is 3.76. The fourth-order valence-corrected chi connectivity index (χ4v) is 2.38.